The monoisotopic (exact) mass is 326 g/mol. The highest BCUT2D eigenvalue weighted by molar-refractivity contribution is 6.03. The van der Waals surface area contributed by atoms with Crippen LogP contribution in [0.5, 0.6) is 0 Å². The molecule has 2 aromatic rings. The van der Waals surface area contributed by atoms with Gasteiger partial charge >= 0.3 is 0 Å². The van der Waals surface area contributed by atoms with Gasteiger partial charge in [0.25, 0.3) is 5.91 Å². The summed E-state index contributed by atoms with van der Waals surface area (Å²) in [5.41, 5.74) is 2.41. The van der Waals surface area contributed by atoms with Crippen molar-refractivity contribution in [3.05, 3.63) is 59.0 Å². The fourth-order valence-electron chi connectivity index (χ4n) is 2.72. The molecule has 0 unspecified atom stereocenters. The molecule has 0 bridgehead atoms. The summed E-state index contributed by atoms with van der Waals surface area (Å²) in [5.74, 6) is -0.153. The van der Waals surface area contributed by atoms with Crippen LogP contribution in [0.1, 0.15) is 33.7 Å². The lowest BCUT2D eigenvalue weighted by atomic mass is 9.97. The van der Waals surface area contributed by atoms with Crippen molar-refractivity contribution in [1.29, 1.82) is 0 Å². The summed E-state index contributed by atoms with van der Waals surface area (Å²) in [6.45, 7) is 2.26. The van der Waals surface area contributed by atoms with Crippen molar-refractivity contribution in [2.45, 2.75) is 26.3 Å². The Bertz CT molecular complexity index is 777. The van der Waals surface area contributed by atoms with Crippen LogP contribution < -0.4 is 10.6 Å². The Morgan fingerprint density at radius 1 is 1.25 bits per heavy atom. The zero-order valence-corrected chi connectivity index (χ0v) is 13.3. The van der Waals surface area contributed by atoms with E-state index in [0.29, 0.717) is 18.5 Å². The number of furan rings is 1. The molecule has 0 aliphatic carbocycles. The summed E-state index contributed by atoms with van der Waals surface area (Å²) in [7, 11) is 0. The maximum atomic E-state index is 12.2. The van der Waals surface area contributed by atoms with E-state index in [2.05, 4.69) is 10.6 Å². The van der Waals surface area contributed by atoms with Gasteiger partial charge < -0.3 is 9.73 Å². The van der Waals surface area contributed by atoms with Crippen molar-refractivity contribution in [2.75, 3.05) is 0 Å². The first-order valence-electron chi connectivity index (χ1n) is 7.76. The SMILES string of the molecule is Cc1occc1CNC(=O)c1ccc(C[C@@H]2CC(=O)NC2=O)cc1. The van der Waals surface area contributed by atoms with E-state index in [1.807, 2.05) is 25.1 Å². The highest BCUT2D eigenvalue weighted by Crippen LogP contribution is 2.18. The van der Waals surface area contributed by atoms with Crippen LogP contribution in [0, 0.1) is 12.8 Å². The van der Waals surface area contributed by atoms with Crippen LogP contribution in [0.4, 0.5) is 0 Å². The molecule has 1 fully saturated rings. The van der Waals surface area contributed by atoms with Crippen LogP contribution in [-0.2, 0) is 22.6 Å². The van der Waals surface area contributed by atoms with Crippen molar-refractivity contribution in [3.63, 3.8) is 0 Å². The Labute approximate surface area is 139 Å². The van der Waals surface area contributed by atoms with E-state index in [0.717, 1.165) is 16.9 Å². The molecule has 3 rings (SSSR count). The fraction of sp³-hybridized carbons (Fsp3) is 0.278. The normalized spacial score (nSPS) is 17.0. The third-order valence-corrected chi connectivity index (χ3v) is 4.17. The first-order chi connectivity index (χ1) is 11.5. The molecule has 2 N–H and O–H groups in total. The van der Waals surface area contributed by atoms with Gasteiger partial charge in [-0.15, -0.1) is 0 Å². The van der Waals surface area contributed by atoms with E-state index in [1.54, 1.807) is 18.4 Å². The molecule has 124 valence electrons. The Morgan fingerprint density at radius 2 is 2.00 bits per heavy atom. The quantitative estimate of drug-likeness (QED) is 0.819. The Balaban J connectivity index is 1.57. The highest BCUT2D eigenvalue weighted by Gasteiger charge is 2.30. The molecule has 6 heteroatoms. The minimum atomic E-state index is -0.318. The molecule has 1 atom stereocenters. The molecule has 1 aliphatic heterocycles. The van der Waals surface area contributed by atoms with Gasteiger partial charge in [0.2, 0.25) is 11.8 Å². The van der Waals surface area contributed by atoms with E-state index in [4.69, 9.17) is 4.42 Å². The van der Waals surface area contributed by atoms with E-state index in [-0.39, 0.29) is 30.1 Å². The lowest BCUT2D eigenvalue weighted by molar-refractivity contribution is -0.125. The Kier molecular flexibility index (Phi) is 4.46. The molecule has 0 saturated carbocycles. The smallest absolute Gasteiger partial charge is 0.251 e. The van der Waals surface area contributed by atoms with Crippen LogP contribution >= 0.6 is 0 Å². The van der Waals surface area contributed by atoms with Crippen LogP contribution in [0.2, 0.25) is 0 Å². The number of carbonyl (C=O) groups excluding carboxylic acids is 3. The molecule has 1 aromatic heterocycles. The molecule has 6 nitrogen and oxygen atoms in total. The minimum Gasteiger partial charge on any atom is -0.469 e. The van der Waals surface area contributed by atoms with Crippen LogP contribution in [-0.4, -0.2) is 17.7 Å². The second kappa shape index (κ2) is 6.70. The van der Waals surface area contributed by atoms with Gasteiger partial charge in [-0.25, -0.2) is 0 Å². The third kappa shape index (κ3) is 3.53. The maximum absolute atomic E-state index is 12.2. The minimum absolute atomic E-state index is 0.170. The van der Waals surface area contributed by atoms with Crippen molar-refractivity contribution in [1.82, 2.24) is 10.6 Å². The number of aryl methyl sites for hydroxylation is 1. The zero-order valence-electron chi connectivity index (χ0n) is 13.3. The Hall–Kier alpha value is -2.89. The first-order valence-corrected chi connectivity index (χ1v) is 7.76. The summed E-state index contributed by atoms with van der Waals surface area (Å²) in [6, 6.07) is 8.90. The van der Waals surface area contributed by atoms with Gasteiger partial charge in [-0.2, -0.15) is 0 Å². The summed E-state index contributed by atoms with van der Waals surface area (Å²) in [4.78, 5) is 34.9. The van der Waals surface area contributed by atoms with Crippen molar-refractivity contribution in [2.24, 2.45) is 5.92 Å². The van der Waals surface area contributed by atoms with Crippen molar-refractivity contribution < 1.29 is 18.8 Å². The van der Waals surface area contributed by atoms with E-state index >= 15 is 0 Å². The second-order valence-corrected chi connectivity index (χ2v) is 5.90. The van der Waals surface area contributed by atoms with E-state index < -0.39 is 0 Å². The van der Waals surface area contributed by atoms with E-state index in [9.17, 15) is 14.4 Å². The molecular formula is C18H18N2O4. The molecule has 3 amide bonds. The van der Waals surface area contributed by atoms with Gasteiger partial charge in [-0.05, 0) is 37.1 Å². The number of benzene rings is 1. The zero-order chi connectivity index (χ0) is 17.1. The number of hydrogen-bond donors (Lipinski definition) is 2. The lowest BCUT2D eigenvalue weighted by Gasteiger charge is -2.08. The number of imide groups is 1. The van der Waals surface area contributed by atoms with Gasteiger partial charge in [0, 0.05) is 24.1 Å². The van der Waals surface area contributed by atoms with Gasteiger partial charge in [-0.3, -0.25) is 19.7 Å². The average molecular weight is 326 g/mol. The lowest BCUT2D eigenvalue weighted by Crippen LogP contribution is -2.23. The second-order valence-electron chi connectivity index (χ2n) is 5.90. The predicted octanol–water partition coefficient (Wildman–Crippen LogP) is 1.72. The van der Waals surface area contributed by atoms with Crippen LogP contribution in [0.15, 0.2) is 41.0 Å². The first kappa shape index (κ1) is 16.0. The van der Waals surface area contributed by atoms with Crippen LogP contribution in [0.25, 0.3) is 0 Å². The van der Waals surface area contributed by atoms with Crippen molar-refractivity contribution in [3.8, 4) is 0 Å². The summed E-state index contributed by atoms with van der Waals surface area (Å²) >= 11 is 0. The average Bonchev–Trinajstić information content (AvgIpc) is 3.11. The molecule has 1 aromatic carbocycles. The molecular weight excluding hydrogens is 308 g/mol. The van der Waals surface area contributed by atoms with Crippen molar-refractivity contribution >= 4 is 17.7 Å². The Morgan fingerprint density at radius 3 is 2.58 bits per heavy atom. The van der Waals surface area contributed by atoms with Gasteiger partial charge in [0.05, 0.1) is 12.2 Å². The van der Waals surface area contributed by atoms with E-state index in [1.165, 1.54) is 0 Å². The summed E-state index contributed by atoms with van der Waals surface area (Å²) < 4.78 is 5.19. The number of hydrogen-bond acceptors (Lipinski definition) is 4. The number of nitrogens with one attached hydrogen (secondary N) is 2. The molecule has 1 aliphatic rings. The summed E-state index contributed by atoms with van der Waals surface area (Å²) in [5, 5.41) is 5.14. The number of amides is 3. The number of rotatable bonds is 5. The molecule has 24 heavy (non-hydrogen) atoms. The highest BCUT2D eigenvalue weighted by atomic mass is 16.3. The molecule has 1 saturated heterocycles. The maximum Gasteiger partial charge on any atom is 0.251 e. The molecule has 0 spiro atoms. The number of carbonyl (C=O) groups is 3. The molecule has 0 radical (unpaired) electrons. The summed E-state index contributed by atoms with van der Waals surface area (Å²) in [6.07, 6.45) is 2.31. The largest absolute Gasteiger partial charge is 0.469 e. The standard InChI is InChI=1S/C18H18N2O4/c1-11-14(6-7-24-11)10-19-17(22)13-4-2-12(3-5-13)8-15-9-16(21)20-18(15)23/h2-7,15H,8-10H2,1H3,(H,19,22)(H,20,21,23)/t15-/m1/s1. The topological polar surface area (TPSA) is 88.4 Å². The predicted molar refractivity (Wildman–Crippen MR) is 86.0 cm³/mol. The molecule has 2 heterocycles. The third-order valence-electron chi connectivity index (χ3n) is 4.17. The van der Waals surface area contributed by atoms with Gasteiger partial charge in [0.15, 0.2) is 0 Å². The fourth-order valence-corrected chi connectivity index (χ4v) is 2.72. The van der Waals surface area contributed by atoms with Gasteiger partial charge in [0.1, 0.15) is 5.76 Å². The van der Waals surface area contributed by atoms with Crippen LogP contribution in [0.3, 0.4) is 0 Å². The van der Waals surface area contributed by atoms with Gasteiger partial charge in [-0.1, -0.05) is 12.1 Å².